The van der Waals surface area contributed by atoms with Crippen LogP contribution in [0.4, 0.5) is 0 Å². The topological polar surface area (TPSA) is 83.0 Å². The van der Waals surface area contributed by atoms with Crippen molar-refractivity contribution in [3.8, 4) is 0 Å². The van der Waals surface area contributed by atoms with Crippen LogP contribution in [0.3, 0.4) is 0 Å². The molecule has 1 rings (SSSR count). The van der Waals surface area contributed by atoms with Gasteiger partial charge in [0.15, 0.2) is 5.69 Å². The van der Waals surface area contributed by atoms with Crippen LogP contribution < -0.4 is 0 Å². The van der Waals surface area contributed by atoms with Gasteiger partial charge in [-0.25, -0.2) is 9.78 Å². The van der Waals surface area contributed by atoms with E-state index in [1.807, 2.05) is 0 Å². The molecule has 11 heavy (non-hydrogen) atoms. The number of imidazole rings is 1. The lowest BCUT2D eigenvalue weighted by molar-refractivity contribution is 0.0687. The molecule has 0 saturated carbocycles. The maximum absolute atomic E-state index is 10.6. The molecule has 1 aromatic heterocycles. The molecule has 0 saturated heterocycles. The standard InChI is InChI=1S/C5H4N2O3S/c8-4(9)2-3(5(10)11)7-1-6-2/h1H,(H,6,7)(H,8,9)(H,10,11). The third kappa shape index (κ3) is 1.40. The third-order valence-electron chi connectivity index (χ3n) is 1.06. The van der Waals surface area contributed by atoms with Crippen LogP contribution in [0, 0.1) is 0 Å². The summed E-state index contributed by atoms with van der Waals surface area (Å²) < 4.78 is 0. The number of aromatic nitrogens is 2. The molecule has 0 aliphatic rings. The molecule has 0 fully saturated rings. The van der Waals surface area contributed by atoms with Crippen molar-refractivity contribution in [2.45, 2.75) is 0 Å². The summed E-state index contributed by atoms with van der Waals surface area (Å²) in [6.07, 6.45) is 1.13. The van der Waals surface area contributed by atoms with E-state index >= 15 is 0 Å². The smallest absolute Gasteiger partial charge is 0.356 e. The molecule has 2 N–H and O–H groups in total. The minimum Gasteiger partial charge on any atom is -0.476 e. The predicted octanol–water partition coefficient (Wildman–Crippen LogP) is 0.178. The summed E-state index contributed by atoms with van der Waals surface area (Å²) >= 11 is 3.44. The minimum atomic E-state index is -1.25. The zero-order valence-corrected chi connectivity index (χ0v) is 6.13. The molecule has 0 aliphatic heterocycles. The maximum Gasteiger partial charge on any atom is 0.356 e. The van der Waals surface area contributed by atoms with E-state index in [9.17, 15) is 9.59 Å². The summed E-state index contributed by atoms with van der Waals surface area (Å²) in [5.41, 5.74) is -0.397. The Bertz CT molecular complexity index is 278. The highest BCUT2D eigenvalue weighted by molar-refractivity contribution is 7.97. The normalized spacial score (nSPS) is 9.55. The van der Waals surface area contributed by atoms with Crippen molar-refractivity contribution in [1.29, 1.82) is 0 Å². The Balaban J connectivity index is 3.16. The fraction of sp³-hybridized carbons (Fsp3) is 0. The van der Waals surface area contributed by atoms with Crippen molar-refractivity contribution in [1.82, 2.24) is 9.97 Å². The predicted molar refractivity (Wildman–Crippen MR) is 38.9 cm³/mol. The van der Waals surface area contributed by atoms with Gasteiger partial charge in [-0.15, -0.1) is 0 Å². The van der Waals surface area contributed by atoms with E-state index in [1.165, 1.54) is 0 Å². The largest absolute Gasteiger partial charge is 0.476 e. The first-order valence-electron chi connectivity index (χ1n) is 2.63. The maximum atomic E-state index is 10.6. The molecule has 0 radical (unpaired) electrons. The van der Waals surface area contributed by atoms with Crippen molar-refractivity contribution in [2.24, 2.45) is 0 Å². The van der Waals surface area contributed by atoms with Crippen molar-refractivity contribution in [3.63, 3.8) is 0 Å². The second-order valence-electron chi connectivity index (χ2n) is 1.74. The van der Waals surface area contributed by atoms with Crippen molar-refractivity contribution in [2.75, 3.05) is 0 Å². The lowest BCUT2D eigenvalue weighted by atomic mass is 10.3. The lowest BCUT2D eigenvalue weighted by Crippen LogP contribution is -2.03. The van der Waals surface area contributed by atoms with E-state index in [0.717, 1.165) is 6.33 Å². The summed E-state index contributed by atoms with van der Waals surface area (Å²) in [6, 6.07) is 0. The van der Waals surface area contributed by atoms with Gasteiger partial charge in [-0.2, -0.15) is 0 Å². The first-order valence-corrected chi connectivity index (χ1v) is 3.07. The van der Waals surface area contributed by atoms with Gasteiger partial charge in [0.05, 0.1) is 6.33 Å². The highest BCUT2D eigenvalue weighted by Crippen LogP contribution is 2.04. The number of carboxylic acid groups (broad SMARTS) is 1. The van der Waals surface area contributed by atoms with Crippen LogP contribution >= 0.6 is 12.6 Å². The Morgan fingerprint density at radius 2 is 2.27 bits per heavy atom. The Morgan fingerprint density at radius 3 is 2.64 bits per heavy atom. The van der Waals surface area contributed by atoms with Crippen LogP contribution in [0.15, 0.2) is 6.33 Å². The molecule has 6 heteroatoms. The first kappa shape index (κ1) is 7.80. The summed E-state index contributed by atoms with van der Waals surface area (Å²) in [7, 11) is 0. The van der Waals surface area contributed by atoms with E-state index in [2.05, 4.69) is 22.6 Å². The molecular weight excluding hydrogens is 168 g/mol. The summed E-state index contributed by atoms with van der Waals surface area (Å²) in [6.45, 7) is 0. The average molecular weight is 172 g/mol. The van der Waals surface area contributed by atoms with Gasteiger partial charge in [0, 0.05) is 0 Å². The highest BCUT2D eigenvalue weighted by Gasteiger charge is 2.16. The van der Waals surface area contributed by atoms with Gasteiger partial charge >= 0.3 is 5.97 Å². The average Bonchev–Trinajstić information content (AvgIpc) is 2.32. The minimum absolute atomic E-state index is 0.0965. The third-order valence-corrected chi connectivity index (χ3v) is 1.28. The van der Waals surface area contributed by atoms with Gasteiger partial charge in [-0.05, 0) is 0 Å². The summed E-state index contributed by atoms with van der Waals surface area (Å²) in [4.78, 5) is 26.7. The van der Waals surface area contributed by atoms with Crippen LogP contribution in [-0.4, -0.2) is 26.2 Å². The Labute approximate surface area is 66.9 Å². The molecule has 58 valence electrons. The fourth-order valence-electron chi connectivity index (χ4n) is 0.619. The van der Waals surface area contributed by atoms with Crippen LogP contribution in [0.5, 0.6) is 0 Å². The van der Waals surface area contributed by atoms with E-state index in [4.69, 9.17) is 5.11 Å². The Kier molecular flexibility index (Phi) is 1.95. The van der Waals surface area contributed by atoms with E-state index in [-0.39, 0.29) is 11.4 Å². The van der Waals surface area contributed by atoms with Gasteiger partial charge in [0.1, 0.15) is 5.69 Å². The number of carbonyl (C=O) groups is 2. The van der Waals surface area contributed by atoms with Gasteiger partial charge < -0.3 is 10.1 Å². The first-order chi connectivity index (χ1) is 5.13. The van der Waals surface area contributed by atoms with Crippen LogP contribution in [0.1, 0.15) is 21.0 Å². The Morgan fingerprint density at radius 1 is 1.64 bits per heavy atom. The van der Waals surface area contributed by atoms with E-state index < -0.39 is 11.1 Å². The molecule has 1 heterocycles. The molecular formula is C5H4N2O3S. The number of carboxylic acids is 1. The number of hydrogen-bond donors (Lipinski definition) is 3. The summed E-state index contributed by atoms with van der Waals surface area (Å²) in [5, 5.41) is 7.80. The number of rotatable bonds is 2. The molecule has 0 spiro atoms. The highest BCUT2D eigenvalue weighted by atomic mass is 32.1. The van der Waals surface area contributed by atoms with Gasteiger partial charge in [0.25, 0.3) is 0 Å². The number of aromatic amines is 1. The van der Waals surface area contributed by atoms with Gasteiger partial charge in [-0.3, -0.25) is 4.79 Å². The number of carbonyl (C=O) groups excluding carboxylic acids is 1. The number of H-pyrrole nitrogens is 1. The molecule has 0 aliphatic carbocycles. The van der Waals surface area contributed by atoms with Gasteiger partial charge in [-0.1, -0.05) is 12.6 Å². The number of aromatic carboxylic acids is 1. The molecule has 0 atom stereocenters. The molecule has 0 aromatic carbocycles. The quantitative estimate of drug-likeness (QED) is 0.555. The van der Waals surface area contributed by atoms with Crippen molar-refractivity contribution in [3.05, 3.63) is 17.7 Å². The molecule has 5 nitrogen and oxygen atoms in total. The second kappa shape index (κ2) is 2.75. The molecule has 0 bridgehead atoms. The number of nitrogens with one attached hydrogen (secondary N) is 1. The van der Waals surface area contributed by atoms with Crippen molar-refractivity contribution < 1.29 is 14.7 Å². The molecule has 0 amide bonds. The van der Waals surface area contributed by atoms with Crippen LogP contribution in [0.2, 0.25) is 0 Å². The molecule has 1 aromatic rings. The second-order valence-corrected chi connectivity index (χ2v) is 2.14. The van der Waals surface area contributed by atoms with E-state index in [0.29, 0.717) is 0 Å². The number of hydrogen-bond acceptors (Lipinski definition) is 3. The number of thiol groups is 1. The van der Waals surface area contributed by atoms with Crippen LogP contribution in [-0.2, 0) is 0 Å². The van der Waals surface area contributed by atoms with Crippen LogP contribution in [0.25, 0.3) is 0 Å². The number of nitrogens with zero attached hydrogens (tertiary/aromatic N) is 1. The SMILES string of the molecule is O=C(O)c1nc[nH]c1C(=O)S. The zero-order valence-electron chi connectivity index (χ0n) is 5.24. The summed E-state index contributed by atoms with van der Waals surface area (Å²) in [5.74, 6) is -1.25. The van der Waals surface area contributed by atoms with Crippen molar-refractivity contribution >= 4 is 23.7 Å². The lowest BCUT2D eigenvalue weighted by Gasteiger charge is -1.89. The Hall–Kier alpha value is -1.30. The molecule has 0 unspecified atom stereocenters. The monoisotopic (exact) mass is 172 g/mol. The zero-order chi connectivity index (χ0) is 8.43. The van der Waals surface area contributed by atoms with Gasteiger partial charge in [0.2, 0.25) is 5.12 Å². The fourth-order valence-corrected chi connectivity index (χ4v) is 0.790. The van der Waals surface area contributed by atoms with E-state index in [1.54, 1.807) is 0 Å².